The lowest BCUT2D eigenvalue weighted by molar-refractivity contribution is 0.415. The zero-order valence-corrected chi connectivity index (χ0v) is 17.8. The van der Waals surface area contributed by atoms with Gasteiger partial charge in [-0.05, 0) is 43.3 Å². The van der Waals surface area contributed by atoms with Crippen LogP contribution in [0.2, 0.25) is 5.02 Å². The van der Waals surface area contributed by atoms with E-state index in [1.165, 1.54) is 32.1 Å². The van der Waals surface area contributed by atoms with Gasteiger partial charge in [-0.15, -0.1) is 11.3 Å². The smallest absolute Gasteiger partial charge is 0.170 e. The average molecular weight is 428 g/mol. The Labute approximate surface area is 180 Å². The van der Waals surface area contributed by atoms with Gasteiger partial charge in [-0.1, -0.05) is 61.2 Å². The Morgan fingerprint density at radius 2 is 1.89 bits per heavy atom. The minimum atomic E-state index is 0.494. The lowest BCUT2D eigenvalue weighted by Gasteiger charge is -2.24. The highest BCUT2D eigenvalue weighted by Crippen LogP contribution is 2.33. The van der Waals surface area contributed by atoms with E-state index in [2.05, 4.69) is 28.1 Å². The van der Waals surface area contributed by atoms with Crippen LogP contribution in [0.1, 0.15) is 32.1 Å². The van der Waals surface area contributed by atoms with Crippen LogP contribution in [0.25, 0.3) is 21.8 Å². The molecule has 0 atom stereocenters. The Morgan fingerprint density at radius 3 is 2.71 bits per heavy atom. The van der Waals surface area contributed by atoms with Crippen LogP contribution in [-0.2, 0) is 0 Å². The summed E-state index contributed by atoms with van der Waals surface area (Å²) >= 11 is 13.4. The van der Waals surface area contributed by atoms with Crippen LogP contribution >= 0.6 is 35.2 Å². The summed E-state index contributed by atoms with van der Waals surface area (Å²) in [4.78, 5) is 4.78. The summed E-state index contributed by atoms with van der Waals surface area (Å²) in [6.07, 6.45) is 6.31. The van der Waals surface area contributed by atoms with Crippen LogP contribution in [0.3, 0.4) is 0 Å². The molecule has 1 aliphatic carbocycles. The normalized spacial score (nSPS) is 14.6. The number of rotatable bonds is 4. The Balaban J connectivity index is 1.47. The molecule has 2 N–H and O–H groups in total. The first-order valence-corrected chi connectivity index (χ1v) is 11.2. The third kappa shape index (κ3) is 4.72. The summed E-state index contributed by atoms with van der Waals surface area (Å²) in [7, 11) is 0. The second kappa shape index (κ2) is 9.03. The van der Waals surface area contributed by atoms with Crippen molar-refractivity contribution in [1.82, 2.24) is 10.3 Å². The number of benzene rings is 2. The number of anilines is 1. The zero-order chi connectivity index (χ0) is 19.3. The molecule has 0 unspecified atom stereocenters. The summed E-state index contributed by atoms with van der Waals surface area (Å²) in [5.74, 6) is 0. The number of hydrogen-bond acceptors (Lipinski definition) is 3. The van der Waals surface area contributed by atoms with Gasteiger partial charge < -0.3 is 10.6 Å². The molecule has 1 saturated carbocycles. The Hall–Kier alpha value is -1.95. The minimum Gasteiger partial charge on any atom is -0.360 e. The van der Waals surface area contributed by atoms with Crippen molar-refractivity contribution in [3.8, 4) is 21.8 Å². The molecular weight excluding hydrogens is 406 g/mol. The molecule has 1 aromatic heterocycles. The monoisotopic (exact) mass is 427 g/mol. The molecule has 3 nitrogen and oxygen atoms in total. The molecular formula is C22H22ClN3S2. The summed E-state index contributed by atoms with van der Waals surface area (Å²) in [6, 6.07) is 16.5. The molecule has 0 saturated heterocycles. The third-order valence-corrected chi connectivity index (χ3v) is 6.39. The fourth-order valence-corrected chi connectivity index (χ4v) is 4.95. The molecule has 0 bridgehead atoms. The number of nitrogens with one attached hydrogen (secondary N) is 2. The lowest BCUT2D eigenvalue weighted by atomic mass is 9.96. The SMILES string of the molecule is S=C(Nc1cccc(-c2csc(-c3ccccc3Cl)n2)c1)NC1CCCCC1. The van der Waals surface area contributed by atoms with E-state index >= 15 is 0 Å². The van der Waals surface area contributed by atoms with Gasteiger partial charge in [0.1, 0.15) is 5.01 Å². The van der Waals surface area contributed by atoms with Crippen molar-refractivity contribution >= 4 is 46.0 Å². The summed E-state index contributed by atoms with van der Waals surface area (Å²) in [6.45, 7) is 0. The number of thiocarbonyl (C=S) groups is 1. The molecule has 6 heteroatoms. The second-order valence-corrected chi connectivity index (χ2v) is 8.71. The lowest BCUT2D eigenvalue weighted by Crippen LogP contribution is -2.38. The van der Waals surface area contributed by atoms with Crippen LogP contribution in [0.5, 0.6) is 0 Å². The molecule has 1 aliphatic rings. The van der Waals surface area contributed by atoms with E-state index in [0.717, 1.165) is 32.5 Å². The van der Waals surface area contributed by atoms with Gasteiger partial charge in [0.05, 0.1) is 10.7 Å². The van der Waals surface area contributed by atoms with Gasteiger partial charge in [0.15, 0.2) is 5.11 Å². The molecule has 1 fully saturated rings. The molecule has 4 rings (SSSR count). The van der Waals surface area contributed by atoms with E-state index in [9.17, 15) is 0 Å². The van der Waals surface area contributed by atoms with Crippen molar-refractivity contribution in [3.05, 3.63) is 58.9 Å². The average Bonchev–Trinajstić information content (AvgIpc) is 3.19. The fourth-order valence-electron chi connectivity index (χ4n) is 3.52. The van der Waals surface area contributed by atoms with Gasteiger partial charge in [-0.3, -0.25) is 0 Å². The van der Waals surface area contributed by atoms with Crippen molar-refractivity contribution in [2.75, 3.05) is 5.32 Å². The predicted octanol–water partition coefficient (Wildman–Crippen LogP) is 6.75. The predicted molar refractivity (Wildman–Crippen MR) is 124 cm³/mol. The summed E-state index contributed by atoms with van der Waals surface area (Å²) < 4.78 is 0. The molecule has 0 spiro atoms. The highest BCUT2D eigenvalue weighted by atomic mass is 35.5. The standard InChI is InChI=1S/C22H22ClN3S2/c23-19-12-5-4-11-18(19)21-26-20(14-28-21)15-7-6-10-17(13-15)25-22(27)24-16-8-2-1-3-9-16/h4-7,10-14,16H,1-3,8-9H2,(H2,24,25,27). The number of nitrogens with zero attached hydrogens (tertiary/aromatic N) is 1. The molecule has 28 heavy (non-hydrogen) atoms. The first-order chi connectivity index (χ1) is 13.7. The molecule has 0 aliphatic heterocycles. The maximum atomic E-state index is 6.31. The molecule has 0 amide bonds. The van der Waals surface area contributed by atoms with Gasteiger partial charge in [0, 0.05) is 28.2 Å². The van der Waals surface area contributed by atoms with Crippen molar-refractivity contribution in [2.24, 2.45) is 0 Å². The van der Waals surface area contributed by atoms with Gasteiger partial charge in [0.2, 0.25) is 0 Å². The quantitative estimate of drug-likeness (QED) is 0.451. The van der Waals surface area contributed by atoms with E-state index in [1.807, 2.05) is 36.4 Å². The molecule has 1 heterocycles. The summed E-state index contributed by atoms with van der Waals surface area (Å²) in [5.41, 5.74) is 3.93. The van der Waals surface area contributed by atoms with Crippen molar-refractivity contribution in [2.45, 2.75) is 38.1 Å². The highest BCUT2D eigenvalue weighted by Gasteiger charge is 2.14. The van der Waals surface area contributed by atoms with Crippen molar-refractivity contribution in [3.63, 3.8) is 0 Å². The van der Waals surface area contributed by atoms with Crippen LogP contribution in [0.4, 0.5) is 5.69 Å². The molecule has 3 aromatic rings. The number of halogens is 1. The van der Waals surface area contributed by atoms with Crippen LogP contribution in [-0.4, -0.2) is 16.1 Å². The van der Waals surface area contributed by atoms with E-state index in [0.29, 0.717) is 11.2 Å². The topological polar surface area (TPSA) is 37.0 Å². The second-order valence-electron chi connectivity index (χ2n) is 7.03. The zero-order valence-electron chi connectivity index (χ0n) is 15.5. The Morgan fingerprint density at radius 1 is 1.07 bits per heavy atom. The highest BCUT2D eigenvalue weighted by molar-refractivity contribution is 7.80. The molecule has 0 radical (unpaired) electrons. The maximum Gasteiger partial charge on any atom is 0.170 e. The van der Waals surface area contributed by atoms with Crippen molar-refractivity contribution < 1.29 is 0 Å². The number of aromatic nitrogens is 1. The summed E-state index contributed by atoms with van der Waals surface area (Å²) in [5, 5.41) is 11.2. The fraction of sp³-hybridized carbons (Fsp3) is 0.273. The number of thiazole rings is 1. The maximum absolute atomic E-state index is 6.31. The van der Waals surface area contributed by atoms with Gasteiger partial charge >= 0.3 is 0 Å². The molecule has 2 aromatic carbocycles. The van der Waals surface area contributed by atoms with E-state index in [-0.39, 0.29) is 0 Å². The van der Waals surface area contributed by atoms with E-state index < -0.39 is 0 Å². The largest absolute Gasteiger partial charge is 0.360 e. The Bertz CT molecular complexity index is 964. The van der Waals surface area contributed by atoms with Gasteiger partial charge in [-0.2, -0.15) is 0 Å². The first kappa shape index (κ1) is 19.4. The third-order valence-electron chi connectivity index (χ3n) is 4.97. The first-order valence-electron chi connectivity index (χ1n) is 9.57. The van der Waals surface area contributed by atoms with E-state index in [1.54, 1.807) is 11.3 Å². The number of hydrogen-bond donors (Lipinski definition) is 2. The minimum absolute atomic E-state index is 0.494. The molecule has 144 valence electrons. The van der Waals surface area contributed by atoms with Crippen LogP contribution in [0.15, 0.2) is 53.9 Å². The van der Waals surface area contributed by atoms with Gasteiger partial charge in [0.25, 0.3) is 0 Å². The van der Waals surface area contributed by atoms with Crippen LogP contribution in [0, 0.1) is 0 Å². The van der Waals surface area contributed by atoms with Crippen LogP contribution < -0.4 is 10.6 Å². The Kier molecular flexibility index (Phi) is 6.25. The van der Waals surface area contributed by atoms with Gasteiger partial charge in [-0.25, -0.2) is 4.98 Å². The van der Waals surface area contributed by atoms with Crippen molar-refractivity contribution in [1.29, 1.82) is 0 Å². The van der Waals surface area contributed by atoms with E-state index in [4.69, 9.17) is 28.8 Å².